The first-order valence-electron chi connectivity index (χ1n) is 9.59. The first-order chi connectivity index (χ1) is 13.8. The van der Waals surface area contributed by atoms with Crippen LogP contribution >= 0.6 is 0 Å². The minimum Gasteiger partial charge on any atom is -0.494 e. The number of rotatable bonds is 6. The Labute approximate surface area is 167 Å². The maximum atomic E-state index is 12.6. The normalized spacial score (nSPS) is 19.4. The van der Waals surface area contributed by atoms with Gasteiger partial charge in [-0.25, -0.2) is 4.98 Å². The number of benzene rings is 1. The van der Waals surface area contributed by atoms with E-state index in [2.05, 4.69) is 10.3 Å². The number of ether oxygens (including phenoxy) is 2. The van der Waals surface area contributed by atoms with Crippen molar-refractivity contribution in [3.8, 4) is 11.6 Å². The van der Waals surface area contributed by atoms with E-state index in [4.69, 9.17) is 9.47 Å². The van der Waals surface area contributed by atoms with Crippen molar-refractivity contribution in [2.24, 2.45) is 0 Å². The molecule has 2 aromatic rings. The molecule has 5 nitrogen and oxygen atoms in total. The van der Waals surface area contributed by atoms with Crippen molar-refractivity contribution in [1.29, 1.82) is 0 Å². The van der Waals surface area contributed by atoms with Crippen LogP contribution in [0.4, 0.5) is 13.2 Å². The largest absolute Gasteiger partial charge is 0.494 e. The Bertz CT molecular complexity index is 799. The second-order valence-corrected chi connectivity index (χ2v) is 6.91. The lowest BCUT2D eigenvalue weighted by atomic mass is 9.92. The molecule has 0 unspecified atom stereocenters. The van der Waals surface area contributed by atoms with E-state index in [0.717, 1.165) is 30.9 Å². The van der Waals surface area contributed by atoms with Crippen molar-refractivity contribution in [1.82, 2.24) is 10.3 Å². The number of hydrogen-bond donors (Lipinski definition) is 1. The van der Waals surface area contributed by atoms with E-state index in [1.54, 1.807) is 24.3 Å². The number of hydrogen-bond acceptors (Lipinski definition) is 4. The van der Waals surface area contributed by atoms with Gasteiger partial charge < -0.3 is 14.8 Å². The minimum atomic E-state index is -4.41. The summed E-state index contributed by atoms with van der Waals surface area (Å²) in [6, 6.07) is 9.22. The van der Waals surface area contributed by atoms with Crippen LogP contribution in [0.25, 0.3) is 0 Å². The van der Waals surface area contributed by atoms with Crippen LogP contribution in [0.1, 0.15) is 48.5 Å². The van der Waals surface area contributed by atoms with Gasteiger partial charge in [-0.1, -0.05) is 0 Å². The third kappa shape index (κ3) is 5.85. The number of aromatic nitrogens is 1. The van der Waals surface area contributed by atoms with E-state index in [0.29, 0.717) is 25.0 Å². The first kappa shape index (κ1) is 21.0. The summed E-state index contributed by atoms with van der Waals surface area (Å²) in [6.45, 7) is 2.47. The third-order valence-corrected chi connectivity index (χ3v) is 4.79. The van der Waals surface area contributed by atoms with Gasteiger partial charge in [0.15, 0.2) is 0 Å². The summed E-state index contributed by atoms with van der Waals surface area (Å²) in [4.78, 5) is 16.1. The Balaban J connectivity index is 1.46. The highest BCUT2D eigenvalue weighted by Gasteiger charge is 2.31. The number of carbonyl (C=O) groups excluding carboxylic acids is 1. The summed E-state index contributed by atoms with van der Waals surface area (Å²) in [5, 5.41) is 3.02. The number of alkyl halides is 3. The number of halogens is 3. The fraction of sp³-hybridized carbons (Fsp3) is 0.429. The first-order valence-corrected chi connectivity index (χ1v) is 9.59. The van der Waals surface area contributed by atoms with E-state index < -0.39 is 11.7 Å². The third-order valence-electron chi connectivity index (χ3n) is 4.79. The molecule has 156 valence electrons. The van der Waals surface area contributed by atoms with Gasteiger partial charge in [0.2, 0.25) is 5.88 Å². The minimum absolute atomic E-state index is 0.0366. The Morgan fingerprint density at radius 1 is 1.10 bits per heavy atom. The molecule has 1 aromatic heterocycles. The molecule has 29 heavy (non-hydrogen) atoms. The molecular formula is C21H23F3N2O3. The lowest BCUT2D eigenvalue weighted by Gasteiger charge is -2.29. The molecule has 1 saturated carbocycles. The smallest absolute Gasteiger partial charge is 0.417 e. The van der Waals surface area contributed by atoms with E-state index in [1.165, 1.54) is 6.07 Å². The van der Waals surface area contributed by atoms with Gasteiger partial charge in [0.1, 0.15) is 11.9 Å². The van der Waals surface area contributed by atoms with E-state index in [1.807, 2.05) is 6.92 Å². The number of carbonyl (C=O) groups is 1. The van der Waals surface area contributed by atoms with Crippen molar-refractivity contribution >= 4 is 5.91 Å². The van der Waals surface area contributed by atoms with Gasteiger partial charge in [-0.05, 0) is 62.9 Å². The van der Waals surface area contributed by atoms with Crippen molar-refractivity contribution in [3.63, 3.8) is 0 Å². The van der Waals surface area contributed by atoms with E-state index in [-0.39, 0.29) is 23.9 Å². The summed E-state index contributed by atoms with van der Waals surface area (Å²) in [5.41, 5.74) is -0.230. The van der Waals surface area contributed by atoms with Gasteiger partial charge in [0, 0.05) is 23.9 Å². The molecule has 0 aliphatic heterocycles. The summed E-state index contributed by atoms with van der Waals surface area (Å²) in [5.74, 6) is 0.764. The zero-order valence-corrected chi connectivity index (χ0v) is 16.0. The van der Waals surface area contributed by atoms with Crippen molar-refractivity contribution < 1.29 is 27.4 Å². The topological polar surface area (TPSA) is 60.5 Å². The highest BCUT2D eigenvalue weighted by Crippen LogP contribution is 2.30. The van der Waals surface area contributed by atoms with Crippen LogP contribution in [0.2, 0.25) is 0 Å². The SMILES string of the molecule is CCOc1ccc(C(=O)NC2CCC(Oc3ccc(C(F)(F)F)cn3)CC2)cc1. The Morgan fingerprint density at radius 3 is 2.34 bits per heavy atom. The predicted molar refractivity (Wildman–Crippen MR) is 101 cm³/mol. The lowest BCUT2D eigenvalue weighted by Crippen LogP contribution is -2.39. The van der Waals surface area contributed by atoms with Crippen LogP contribution in [-0.4, -0.2) is 29.6 Å². The summed E-state index contributed by atoms with van der Waals surface area (Å²) < 4.78 is 48.8. The molecule has 0 saturated heterocycles. The second-order valence-electron chi connectivity index (χ2n) is 6.91. The quantitative estimate of drug-likeness (QED) is 0.758. The summed E-state index contributed by atoms with van der Waals surface area (Å²) in [6.07, 6.45) is -0.919. The van der Waals surface area contributed by atoms with Crippen molar-refractivity contribution in [3.05, 3.63) is 53.7 Å². The van der Waals surface area contributed by atoms with E-state index >= 15 is 0 Å². The highest BCUT2D eigenvalue weighted by atomic mass is 19.4. The average Bonchev–Trinajstić information content (AvgIpc) is 2.70. The predicted octanol–water partition coefficient (Wildman–Crippen LogP) is 4.62. The van der Waals surface area contributed by atoms with Crippen LogP contribution in [0.3, 0.4) is 0 Å². The second kappa shape index (κ2) is 9.15. The maximum absolute atomic E-state index is 12.6. The van der Waals surface area contributed by atoms with Crippen LogP contribution in [0.15, 0.2) is 42.6 Å². The van der Waals surface area contributed by atoms with Gasteiger partial charge in [0.25, 0.3) is 5.91 Å². The molecule has 1 heterocycles. The molecule has 0 atom stereocenters. The molecule has 1 aliphatic carbocycles. The fourth-order valence-electron chi connectivity index (χ4n) is 3.25. The van der Waals surface area contributed by atoms with Crippen LogP contribution in [0, 0.1) is 0 Å². The number of pyridine rings is 1. The van der Waals surface area contributed by atoms with Gasteiger partial charge in [-0.15, -0.1) is 0 Å². The molecule has 0 spiro atoms. The van der Waals surface area contributed by atoms with E-state index in [9.17, 15) is 18.0 Å². The Hall–Kier alpha value is -2.77. The molecule has 1 fully saturated rings. The van der Waals surface area contributed by atoms with Gasteiger partial charge in [-0.2, -0.15) is 13.2 Å². The number of amides is 1. The Morgan fingerprint density at radius 2 is 1.79 bits per heavy atom. The van der Waals surface area contributed by atoms with Gasteiger partial charge in [-0.3, -0.25) is 4.79 Å². The average molecular weight is 408 g/mol. The van der Waals surface area contributed by atoms with Crippen molar-refractivity contribution in [2.75, 3.05) is 6.61 Å². The lowest BCUT2D eigenvalue weighted by molar-refractivity contribution is -0.137. The fourth-order valence-corrected chi connectivity index (χ4v) is 3.25. The van der Waals surface area contributed by atoms with Crippen molar-refractivity contribution in [2.45, 2.75) is 50.9 Å². The molecule has 8 heteroatoms. The van der Waals surface area contributed by atoms with Gasteiger partial charge in [0.05, 0.1) is 12.2 Å². The molecule has 1 aromatic carbocycles. The molecule has 1 aliphatic rings. The molecule has 1 amide bonds. The zero-order valence-electron chi connectivity index (χ0n) is 16.0. The highest BCUT2D eigenvalue weighted by molar-refractivity contribution is 5.94. The summed E-state index contributed by atoms with van der Waals surface area (Å²) in [7, 11) is 0. The molecule has 1 N–H and O–H groups in total. The van der Waals surface area contributed by atoms with Crippen LogP contribution in [0.5, 0.6) is 11.6 Å². The summed E-state index contributed by atoms with van der Waals surface area (Å²) >= 11 is 0. The van der Waals surface area contributed by atoms with Crippen LogP contribution in [-0.2, 0) is 6.18 Å². The number of nitrogens with zero attached hydrogens (tertiary/aromatic N) is 1. The monoisotopic (exact) mass is 408 g/mol. The number of nitrogens with one attached hydrogen (secondary N) is 1. The zero-order chi connectivity index (χ0) is 20.9. The van der Waals surface area contributed by atoms with Gasteiger partial charge >= 0.3 is 6.18 Å². The molecule has 0 bridgehead atoms. The van der Waals surface area contributed by atoms with Crippen LogP contribution < -0.4 is 14.8 Å². The molecular weight excluding hydrogens is 385 g/mol. The molecule has 3 rings (SSSR count). The maximum Gasteiger partial charge on any atom is 0.417 e. The standard InChI is InChI=1S/C21H23F3N2O3/c1-2-28-17-8-3-14(4-9-17)20(27)26-16-6-10-18(11-7-16)29-19-12-5-15(13-25-19)21(22,23)24/h3-5,8-9,12-13,16,18H,2,6-7,10-11H2,1H3,(H,26,27). The Kier molecular flexibility index (Phi) is 6.61. The molecule has 0 radical (unpaired) electrons.